The molecule has 1 aromatic heterocycles. The molecule has 0 saturated heterocycles. The molecule has 6 heteroatoms. The van der Waals surface area contributed by atoms with E-state index < -0.39 is 0 Å². The lowest BCUT2D eigenvalue weighted by atomic mass is 10.3. The molecule has 0 amide bonds. The van der Waals surface area contributed by atoms with Crippen molar-refractivity contribution >= 4 is 11.9 Å². The minimum Gasteiger partial charge on any atom is -0.494 e. The molecule has 0 radical (unpaired) electrons. The Balaban J connectivity index is 2.53. The molecule has 1 aromatic carbocycles. The summed E-state index contributed by atoms with van der Waals surface area (Å²) in [7, 11) is 3.34. The summed E-state index contributed by atoms with van der Waals surface area (Å²) in [6, 6.07) is 7.48. The first-order valence-corrected chi connectivity index (χ1v) is 4.80. The lowest BCUT2D eigenvalue weighted by Crippen LogP contribution is -2.04. The molecular weight excluding hydrogens is 206 g/mol. The van der Waals surface area contributed by atoms with Crippen LogP contribution >= 0.6 is 0 Å². The van der Waals surface area contributed by atoms with E-state index in [2.05, 4.69) is 15.4 Å². The highest BCUT2D eigenvalue weighted by molar-refractivity contribution is 5.50. The monoisotopic (exact) mass is 219 g/mol. The number of nitrogens with zero attached hydrogens (tertiary/aromatic N) is 3. The van der Waals surface area contributed by atoms with Crippen molar-refractivity contribution < 1.29 is 4.74 Å². The molecule has 6 nitrogen and oxygen atoms in total. The number of benzene rings is 1. The van der Waals surface area contributed by atoms with Crippen molar-refractivity contribution in [3.05, 3.63) is 24.3 Å². The molecule has 0 aliphatic heterocycles. The fraction of sp³-hybridized carbons (Fsp3) is 0.200. The molecule has 0 unspecified atom stereocenters. The zero-order valence-corrected chi connectivity index (χ0v) is 9.14. The summed E-state index contributed by atoms with van der Waals surface area (Å²) in [6.45, 7) is 0. The van der Waals surface area contributed by atoms with E-state index in [1.807, 2.05) is 24.3 Å². The highest BCUT2D eigenvalue weighted by Gasteiger charge is 2.11. The van der Waals surface area contributed by atoms with Crippen LogP contribution in [0.4, 0.5) is 11.9 Å². The van der Waals surface area contributed by atoms with Crippen LogP contribution in [-0.4, -0.2) is 28.9 Å². The topological polar surface area (TPSA) is 78.0 Å². The summed E-state index contributed by atoms with van der Waals surface area (Å²) < 4.78 is 6.77. The maximum absolute atomic E-state index is 5.77. The molecule has 0 fully saturated rings. The Labute approximate surface area is 93.0 Å². The van der Waals surface area contributed by atoms with E-state index in [-0.39, 0.29) is 0 Å². The first kappa shape index (κ1) is 10.3. The lowest BCUT2D eigenvalue weighted by molar-refractivity contribution is 0.412. The normalized spacial score (nSPS) is 10.1. The first-order chi connectivity index (χ1) is 7.76. The highest BCUT2D eigenvalue weighted by atomic mass is 16.5. The number of anilines is 2. The maximum atomic E-state index is 5.77. The molecule has 2 rings (SSSR count). The number of nitrogen functional groups attached to an aromatic ring is 1. The van der Waals surface area contributed by atoms with Gasteiger partial charge >= 0.3 is 0 Å². The third-order valence-corrected chi connectivity index (χ3v) is 2.17. The third kappa shape index (κ3) is 1.65. The van der Waals surface area contributed by atoms with Gasteiger partial charge in [0.2, 0.25) is 11.9 Å². The molecule has 0 bridgehead atoms. The van der Waals surface area contributed by atoms with Crippen LogP contribution in [0.25, 0.3) is 5.69 Å². The minimum absolute atomic E-state index is 0.314. The number of hydrogen-bond donors (Lipinski definition) is 2. The Morgan fingerprint density at radius 2 is 2.12 bits per heavy atom. The fourth-order valence-corrected chi connectivity index (χ4v) is 1.41. The second-order valence-electron chi connectivity index (χ2n) is 3.13. The van der Waals surface area contributed by atoms with Gasteiger partial charge in [-0.05, 0) is 12.1 Å². The van der Waals surface area contributed by atoms with Gasteiger partial charge in [0.05, 0.1) is 7.11 Å². The SMILES string of the molecule is CNc1nc(N)n(-c2ccccc2OC)n1. The van der Waals surface area contributed by atoms with Crippen LogP contribution in [-0.2, 0) is 0 Å². The van der Waals surface area contributed by atoms with Gasteiger partial charge in [0.15, 0.2) is 0 Å². The number of nitrogens with two attached hydrogens (primary N) is 1. The van der Waals surface area contributed by atoms with Gasteiger partial charge in [-0.2, -0.15) is 9.67 Å². The molecule has 1 heterocycles. The molecule has 84 valence electrons. The van der Waals surface area contributed by atoms with Crippen molar-refractivity contribution in [1.82, 2.24) is 14.8 Å². The maximum Gasteiger partial charge on any atom is 0.244 e. The number of rotatable bonds is 3. The van der Waals surface area contributed by atoms with Gasteiger partial charge < -0.3 is 15.8 Å². The van der Waals surface area contributed by atoms with E-state index in [9.17, 15) is 0 Å². The molecule has 16 heavy (non-hydrogen) atoms. The van der Waals surface area contributed by atoms with Crippen molar-refractivity contribution in [3.8, 4) is 11.4 Å². The Hall–Kier alpha value is -2.24. The standard InChI is InChI=1S/C10H13N5O/c1-12-10-13-9(11)15(14-10)7-5-3-4-6-8(7)16-2/h3-6H,1-2H3,(H3,11,12,13,14). The van der Waals surface area contributed by atoms with E-state index in [1.54, 1.807) is 14.2 Å². The highest BCUT2D eigenvalue weighted by Crippen LogP contribution is 2.23. The summed E-state index contributed by atoms with van der Waals surface area (Å²) in [4.78, 5) is 4.04. The Bertz CT molecular complexity index is 494. The average molecular weight is 219 g/mol. The van der Waals surface area contributed by atoms with Gasteiger partial charge in [0.1, 0.15) is 11.4 Å². The Morgan fingerprint density at radius 3 is 2.75 bits per heavy atom. The largest absolute Gasteiger partial charge is 0.494 e. The number of nitrogens with one attached hydrogen (secondary N) is 1. The van der Waals surface area contributed by atoms with Crippen LogP contribution in [0.5, 0.6) is 5.75 Å². The zero-order valence-electron chi connectivity index (χ0n) is 9.14. The number of methoxy groups -OCH3 is 1. The van der Waals surface area contributed by atoms with E-state index in [0.29, 0.717) is 17.6 Å². The third-order valence-electron chi connectivity index (χ3n) is 2.17. The van der Waals surface area contributed by atoms with E-state index in [4.69, 9.17) is 10.5 Å². The van der Waals surface area contributed by atoms with Crippen molar-refractivity contribution in [3.63, 3.8) is 0 Å². The molecule has 2 aromatic rings. The summed E-state index contributed by atoms with van der Waals surface area (Å²) in [6.07, 6.45) is 0. The van der Waals surface area contributed by atoms with Crippen molar-refractivity contribution in [2.75, 3.05) is 25.2 Å². The van der Waals surface area contributed by atoms with E-state index in [0.717, 1.165) is 5.69 Å². The van der Waals surface area contributed by atoms with Gasteiger partial charge in [-0.25, -0.2) is 0 Å². The molecule has 0 aliphatic carbocycles. The van der Waals surface area contributed by atoms with Crippen molar-refractivity contribution in [2.45, 2.75) is 0 Å². The number of hydrogen-bond acceptors (Lipinski definition) is 5. The van der Waals surface area contributed by atoms with E-state index >= 15 is 0 Å². The van der Waals surface area contributed by atoms with Crippen LogP contribution in [0.3, 0.4) is 0 Å². The zero-order chi connectivity index (χ0) is 11.5. The second kappa shape index (κ2) is 4.09. The molecule has 0 spiro atoms. The van der Waals surface area contributed by atoms with Gasteiger partial charge in [-0.15, -0.1) is 5.10 Å². The Morgan fingerprint density at radius 1 is 1.38 bits per heavy atom. The number of ether oxygens (including phenoxy) is 1. The Kier molecular flexibility index (Phi) is 2.63. The molecule has 0 atom stereocenters. The smallest absolute Gasteiger partial charge is 0.244 e. The number of para-hydroxylation sites is 2. The predicted molar refractivity (Wildman–Crippen MR) is 61.9 cm³/mol. The summed E-state index contributed by atoms with van der Waals surface area (Å²) >= 11 is 0. The predicted octanol–water partition coefficient (Wildman–Crippen LogP) is 0.900. The number of aromatic nitrogens is 3. The van der Waals surface area contributed by atoms with Gasteiger partial charge in [-0.3, -0.25) is 0 Å². The van der Waals surface area contributed by atoms with Crippen LogP contribution in [0, 0.1) is 0 Å². The van der Waals surface area contributed by atoms with Gasteiger partial charge in [0.25, 0.3) is 0 Å². The summed E-state index contributed by atoms with van der Waals surface area (Å²) in [5.41, 5.74) is 6.53. The van der Waals surface area contributed by atoms with Gasteiger partial charge in [-0.1, -0.05) is 12.1 Å². The van der Waals surface area contributed by atoms with Crippen LogP contribution in [0.1, 0.15) is 0 Å². The first-order valence-electron chi connectivity index (χ1n) is 4.80. The van der Waals surface area contributed by atoms with Crippen molar-refractivity contribution in [2.24, 2.45) is 0 Å². The molecule has 0 saturated carbocycles. The lowest BCUT2D eigenvalue weighted by Gasteiger charge is -2.07. The quantitative estimate of drug-likeness (QED) is 0.801. The van der Waals surface area contributed by atoms with Crippen LogP contribution in [0.15, 0.2) is 24.3 Å². The van der Waals surface area contributed by atoms with E-state index in [1.165, 1.54) is 4.68 Å². The molecular formula is C10H13N5O. The minimum atomic E-state index is 0.314. The average Bonchev–Trinajstić information content (AvgIpc) is 2.70. The summed E-state index contributed by atoms with van der Waals surface area (Å²) in [5, 5.41) is 7.03. The molecule has 3 N–H and O–H groups in total. The van der Waals surface area contributed by atoms with Crippen LogP contribution < -0.4 is 15.8 Å². The molecule has 0 aliphatic rings. The van der Waals surface area contributed by atoms with Crippen molar-refractivity contribution in [1.29, 1.82) is 0 Å². The fourth-order valence-electron chi connectivity index (χ4n) is 1.41. The second-order valence-corrected chi connectivity index (χ2v) is 3.13. The van der Waals surface area contributed by atoms with Gasteiger partial charge in [0, 0.05) is 7.05 Å². The summed E-state index contributed by atoms with van der Waals surface area (Å²) in [5.74, 6) is 1.49. The van der Waals surface area contributed by atoms with Crippen LogP contribution in [0.2, 0.25) is 0 Å².